The number of thiocarbonyl (C=S) groups is 1. The first kappa shape index (κ1) is 18.4. The molecule has 3 rings (SSSR count). The minimum Gasteiger partial charge on any atom is -0.348 e. The van der Waals surface area contributed by atoms with E-state index in [-0.39, 0.29) is 0 Å². The highest BCUT2D eigenvalue weighted by Gasteiger charge is 2.11. The predicted octanol–water partition coefficient (Wildman–Crippen LogP) is 3.46. The minimum absolute atomic E-state index is 0.616. The average Bonchev–Trinajstić information content (AvgIpc) is 3.18. The molecule has 1 aromatic carbocycles. The number of benzene rings is 1. The lowest BCUT2D eigenvalue weighted by molar-refractivity contribution is 0.506. The summed E-state index contributed by atoms with van der Waals surface area (Å²) in [5.41, 5.74) is 3.41. The van der Waals surface area contributed by atoms with Gasteiger partial charge in [-0.2, -0.15) is 10.2 Å². The molecule has 2 heterocycles. The zero-order chi connectivity index (χ0) is 18.7. The summed E-state index contributed by atoms with van der Waals surface area (Å²) in [5.74, 6) is 0.721. The third-order valence-corrected chi connectivity index (χ3v) is 4.89. The van der Waals surface area contributed by atoms with Crippen molar-refractivity contribution in [3.8, 4) is 0 Å². The maximum atomic E-state index is 5.92. The van der Waals surface area contributed by atoms with E-state index >= 15 is 0 Å². The second-order valence-electron chi connectivity index (χ2n) is 6.19. The van der Waals surface area contributed by atoms with E-state index in [1.54, 1.807) is 0 Å². The van der Waals surface area contributed by atoms with Gasteiger partial charge in [-0.25, -0.2) is 0 Å². The molecule has 0 aliphatic heterocycles. The standard InChI is InChI=1S/C18H21ClN6S/c1-13-15(10-20-24(13)3)12-23(2)18(26)21-17-8-9-25(22-17)11-14-4-6-16(19)7-5-14/h4-10H,11-12H2,1-3H3,(H,21,22,26). The molecule has 1 N–H and O–H groups in total. The molecule has 0 amide bonds. The minimum atomic E-state index is 0.616. The van der Waals surface area contributed by atoms with Gasteiger partial charge >= 0.3 is 0 Å². The van der Waals surface area contributed by atoms with Crippen molar-refractivity contribution in [2.45, 2.75) is 20.0 Å². The highest BCUT2D eigenvalue weighted by Crippen LogP contribution is 2.13. The molecular weight excluding hydrogens is 368 g/mol. The summed E-state index contributed by atoms with van der Waals surface area (Å²) in [6, 6.07) is 9.65. The number of anilines is 1. The van der Waals surface area contributed by atoms with Crippen LogP contribution in [-0.2, 0) is 20.1 Å². The van der Waals surface area contributed by atoms with Gasteiger partial charge in [0.05, 0.1) is 12.7 Å². The van der Waals surface area contributed by atoms with Crippen molar-refractivity contribution in [2.75, 3.05) is 12.4 Å². The van der Waals surface area contributed by atoms with Crippen LogP contribution in [0, 0.1) is 6.92 Å². The maximum absolute atomic E-state index is 5.92. The SMILES string of the molecule is Cc1c(CN(C)C(=S)Nc2ccn(Cc3ccc(Cl)cc3)n2)cnn1C. The summed E-state index contributed by atoms with van der Waals surface area (Å²) in [5, 5.41) is 13.3. The van der Waals surface area contributed by atoms with Gasteiger partial charge in [0.15, 0.2) is 10.9 Å². The topological polar surface area (TPSA) is 50.9 Å². The highest BCUT2D eigenvalue weighted by atomic mass is 35.5. The number of rotatable bonds is 5. The molecule has 26 heavy (non-hydrogen) atoms. The van der Waals surface area contributed by atoms with Crippen LogP contribution in [0.4, 0.5) is 5.82 Å². The van der Waals surface area contributed by atoms with Crippen LogP contribution in [-0.4, -0.2) is 36.6 Å². The van der Waals surface area contributed by atoms with Crippen LogP contribution < -0.4 is 5.32 Å². The van der Waals surface area contributed by atoms with E-state index in [1.807, 2.05) is 78.0 Å². The molecule has 0 radical (unpaired) electrons. The fraction of sp³-hybridized carbons (Fsp3) is 0.278. The van der Waals surface area contributed by atoms with Gasteiger partial charge in [0.25, 0.3) is 0 Å². The summed E-state index contributed by atoms with van der Waals surface area (Å²) in [7, 11) is 3.88. The van der Waals surface area contributed by atoms with Crippen molar-refractivity contribution in [3.05, 3.63) is 64.6 Å². The first-order valence-corrected chi connectivity index (χ1v) is 8.98. The Labute approximate surface area is 163 Å². The Bertz CT molecular complexity index is 899. The Morgan fingerprint density at radius 1 is 1.27 bits per heavy atom. The Morgan fingerprint density at radius 3 is 2.65 bits per heavy atom. The van der Waals surface area contributed by atoms with E-state index in [1.165, 1.54) is 0 Å². The van der Waals surface area contributed by atoms with E-state index in [0.29, 0.717) is 18.2 Å². The lowest BCUT2D eigenvalue weighted by atomic mass is 10.2. The Hall–Kier alpha value is -2.38. The molecule has 0 aliphatic carbocycles. The van der Waals surface area contributed by atoms with Gasteiger partial charge in [-0.3, -0.25) is 9.36 Å². The lowest BCUT2D eigenvalue weighted by Crippen LogP contribution is -2.31. The third-order valence-electron chi connectivity index (χ3n) is 4.22. The Morgan fingerprint density at radius 2 is 2.00 bits per heavy atom. The van der Waals surface area contributed by atoms with Crippen molar-refractivity contribution in [1.82, 2.24) is 24.5 Å². The van der Waals surface area contributed by atoms with E-state index in [0.717, 1.165) is 27.7 Å². The van der Waals surface area contributed by atoms with Crippen LogP contribution in [0.25, 0.3) is 0 Å². The largest absolute Gasteiger partial charge is 0.348 e. The number of hydrogen-bond donors (Lipinski definition) is 1. The van der Waals surface area contributed by atoms with Crippen LogP contribution in [0.15, 0.2) is 42.7 Å². The molecule has 0 atom stereocenters. The van der Waals surface area contributed by atoms with E-state index in [9.17, 15) is 0 Å². The molecule has 0 saturated carbocycles. The van der Waals surface area contributed by atoms with E-state index < -0.39 is 0 Å². The quantitative estimate of drug-likeness (QED) is 0.678. The smallest absolute Gasteiger partial charge is 0.174 e. The first-order chi connectivity index (χ1) is 12.4. The summed E-state index contributed by atoms with van der Waals surface area (Å²) >= 11 is 11.4. The number of nitrogens with zero attached hydrogens (tertiary/aromatic N) is 5. The highest BCUT2D eigenvalue weighted by molar-refractivity contribution is 7.80. The van der Waals surface area contributed by atoms with Gasteiger partial charge in [-0.05, 0) is 36.8 Å². The third kappa shape index (κ3) is 4.42. The molecule has 8 heteroatoms. The molecule has 3 aromatic rings. The van der Waals surface area contributed by atoms with E-state index in [2.05, 4.69) is 15.5 Å². The number of aryl methyl sites for hydroxylation is 1. The van der Waals surface area contributed by atoms with Gasteiger partial charge in [-0.1, -0.05) is 23.7 Å². The Kier molecular flexibility index (Phi) is 5.58. The number of aromatic nitrogens is 4. The Balaban J connectivity index is 1.58. The molecule has 0 saturated heterocycles. The van der Waals surface area contributed by atoms with Crippen molar-refractivity contribution < 1.29 is 0 Å². The molecule has 0 fully saturated rings. The summed E-state index contributed by atoms with van der Waals surface area (Å²) in [4.78, 5) is 1.97. The van der Waals surface area contributed by atoms with Crippen LogP contribution >= 0.6 is 23.8 Å². The van der Waals surface area contributed by atoms with Crippen LogP contribution in [0.2, 0.25) is 5.02 Å². The van der Waals surface area contributed by atoms with Gasteiger partial charge in [0.1, 0.15) is 0 Å². The summed E-state index contributed by atoms with van der Waals surface area (Å²) in [6.07, 6.45) is 3.79. The zero-order valence-electron chi connectivity index (χ0n) is 15.0. The maximum Gasteiger partial charge on any atom is 0.174 e. The lowest BCUT2D eigenvalue weighted by Gasteiger charge is -2.20. The first-order valence-electron chi connectivity index (χ1n) is 8.20. The number of hydrogen-bond acceptors (Lipinski definition) is 3. The van der Waals surface area contributed by atoms with Crippen molar-refractivity contribution in [2.24, 2.45) is 7.05 Å². The second kappa shape index (κ2) is 7.88. The molecule has 136 valence electrons. The zero-order valence-corrected chi connectivity index (χ0v) is 16.6. The van der Waals surface area contributed by atoms with Crippen molar-refractivity contribution >= 4 is 34.7 Å². The molecule has 0 spiro atoms. The molecule has 0 unspecified atom stereocenters. The second-order valence-corrected chi connectivity index (χ2v) is 7.01. The normalized spacial score (nSPS) is 10.8. The fourth-order valence-electron chi connectivity index (χ4n) is 2.52. The summed E-state index contributed by atoms with van der Waals surface area (Å²) in [6.45, 7) is 3.42. The van der Waals surface area contributed by atoms with Crippen LogP contribution in [0.5, 0.6) is 0 Å². The molecule has 2 aromatic heterocycles. The molecule has 0 aliphatic rings. The molecule has 6 nitrogen and oxygen atoms in total. The molecule has 0 bridgehead atoms. The monoisotopic (exact) mass is 388 g/mol. The number of nitrogens with one attached hydrogen (secondary N) is 1. The fourth-order valence-corrected chi connectivity index (χ4v) is 2.82. The predicted molar refractivity (Wildman–Crippen MR) is 108 cm³/mol. The van der Waals surface area contributed by atoms with Crippen LogP contribution in [0.3, 0.4) is 0 Å². The van der Waals surface area contributed by atoms with Crippen LogP contribution in [0.1, 0.15) is 16.8 Å². The van der Waals surface area contributed by atoms with Gasteiger partial charge in [0.2, 0.25) is 0 Å². The van der Waals surface area contributed by atoms with Crippen molar-refractivity contribution in [1.29, 1.82) is 0 Å². The van der Waals surface area contributed by atoms with Gasteiger partial charge < -0.3 is 10.2 Å². The van der Waals surface area contributed by atoms with E-state index in [4.69, 9.17) is 23.8 Å². The summed E-state index contributed by atoms with van der Waals surface area (Å²) < 4.78 is 3.72. The van der Waals surface area contributed by atoms with Gasteiger partial charge in [-0.15, -0.1) is 0 Å². The van der Waals surface area contributed by atoms with Gasteiger partial charge in [0, 0.05) is 49.2 Å². The molecular formula is C18H21ClN6S. The average molecular weight is 389 g/mol. The number of halogens is 1. The van der Waals surface area contributed by atoms with Crippen molar-refractivity contribution in [3.63, 3.8) is 0 Å².